The standard InChI is InChI=1S/C13H16N4O2/c14-6-11-8-17(3-4-19-11)13(18)9-1-2-10-7-15-16-12(10)5-9/h1-2,5,7,11H,3-4,6,8,14H2,(H,15,16). The van der Waals surface area contributed by atoms with Crippen LogP contribution in [0.25, 0.3) is 10.9 Å². The van der Waals surface area contributed by atoms with E-state index in [-0.39, 0.29) is 12.0 Å². The Morgan fingerprint density at radius 1 is 1.58 bits per heavy atom. The molecule has 3 N–H and O–H groups in total. The number of fused-ring (bicyclic) bond motifs is 1. The number of ether oxygens (including phenoxy) is 1. The number of rotatable bonds is 2. The molecule has 6 heteroatoms. The largest absolute Gasteiger partial charge is 0.373 e. The molecule has 2 heterocycles. The van der Waals surface area contributed by atoms with Crippen LogP contribution in [0, 0.1) is 0 Å². The van der Waals surface area contributed by atoms with Gasteiger partial charge in [0.15, 0.2) is 0 Å². The van der Waals surface area contributed by atoms with Gasteiger partial charge in [-0.1, -0.05) is 6.07 Å². The summed E-state index contributed by atoms with van der Waals surface area (Å²) < 4.78 is 5.47. The Balaban J connectivity index is 1.82. The van der Waals surface area contributed by atoms with Crippen molar-refractivity contribution in [2.45, 2.75) is 6.10 Å². The topological polar surface area (TPSA) is 84.2 Å². The summed E-state index contributed by atoms with van der Waals surface area (Å²) in [5.74, 6) is 0.0123. The lowest BCUT2D eigenvalue weighted by molar-refractivity contribution is -0.0167. The van der Waals surface area contributed by atoms with Gasteiger partial charge in [-0.3, -0.25) is 9.89 Å². The van der Waals surface area contributed by atoms with Crippen LogP contribution in [-0.4, -0.2) is 53.3 Å². The van der Waals surface area contributed by atoms with Crippen LogP contribution in [0.2, 0.25) is 0 Å². The number of aromatic amines is 1. The zero-order valence-corrected chi connectivity index (χ0v) is 10.5. The van der Waals surface area contributed by atoms with Gasteiger partial charge in [0.25, 0.3) is 5.91 Å². The second-order valence-electron chi connectivity index (χ2n) is 4.65. The van der Waals surface area contributed by atoms with Crippen LogP contribution in [0.1, 0.15) is 10.4 Å². The first-order chi connectivity index (χ1) is 9.28. The molecule has 0 bridgehead atoms. The molecule has 3 rings (SSSR count). The summed E-state index contributed by atoms with van der Waals surface area (Å²) in [7, 11) is 0. The molecule has 1 aromatic heterocycles. The molecule has 6 nitrogen and oxygen atoms in total. The average Bonchev–Trinajstić information content (AvgIpc) is 2.94. The highest BCUT2D eigenvalue weighted by atomic mass is 16.5. The number of nitrogens with zero attached hydrogens (tertiary/aromatic N) is 2. The Morgan fingerprint density at radius 3 is 3.32 bits per heavy atom. The molecule has 1 amide bonds. The molecule has 100 valence electrons. The number of aromatic nitrogens is 2. The Bertz CT molecular complexity index is 595. The van der Waals surface area contributed by atoms with Gasteiger partial charge >= 0.3 is 0 Å². The van der Waals surface area contributed by atoms with Crippen LogP contribution in [0.3, 0.4) is 0 Å². The van der Waals surface area contributed by atoms with Crippen molar-refractivity contribution in [3.63, 3.8) is 0 Å². The van der Waals surface area contributed by atoms with Crippen molar-refractivity contribution in [2.24, 2.45) is 5.73 Å². The van der Waals surface area contributed by atoms with E-state index >= 15 is 0 Å². The summed E-state index contributed by atoms with van der Waals surface area (Å²) in [5.41, 5.74) is 7.12. The number of hydrogen-bond donors (Lipinski definition) is 2. The second-order valence-corrected chi connectivity index (χ2v) is 4.65. The van der Waals surface area contributed by atoms with Crippen molar-refractivity contribution in [3.8, 4) is 0 Å². The zero-order valence-electron chi connectivity index (χ0n) is 10.5. The summed E-state index contributed by atoms with van der Waals surface area (Å²) in [5, 5.41) is 7.82. The second kappa shape index (κ2) is 4.99. The third-order valence-corrected chi connectivity index (χ3v) is 3.38. The summed E-state index contributed by atoms with van der Waals surface area (Å²) in [6, 6.07) is 5.55. The molecule has 1 atom stereocenters. The van der Waals surface area contributed by atoms with Crippen molar-refractivity contribution in [2.75, 3.05) is 26.2 Å². The molecule has 0 spiro atoms. The van der Waals surface area contributed by atoms with Gasteiger partial charge in [0.2, 0.25) is 0 Å². The van der Waals surface area contributed by atoms with Gasteiger partial charge in [0, 0.05) is 30.6 Å². The molecule has 19 heavy (non-hydrogen) atoms. The molecule has 1 aliphatic heterocycles. The fourth-order valence-corrected chi connectivity index (χ4v) is 2.30. The van der Waals surface area contributed by atoms with E-state index < -0.39 is 0 Å². The maximum atomic E-state index is 12.4. The van der Waals surface area contributed by atoms with E-state index in [2.05, 4.69) is 10.2 Å². The molecule has 1 fully saturated rings. The third-order valence-electron chi connectivity index (χ3n) is 3.38. The smallest absolute Gasteiger partial charge is 0.254 e. The van der Waals surface area contributed by atoms with Crippen molar-refractivity contribution in [1.82, 2.24) is 15.1 Å². The molecule has 1 unspecified atom stereocenters. The van der Waals surface area contributed by atoms with Crippen molar-refractivity contribution < 1.29 is 9.53 Å². The summed E-state index contributed by atoms with van der Waals surface area (Å²) in [4.78, 5) is 14.2. The molecule has 1 aliphatic rings. The van der Waals surface area contributed by atoms with Crippen LogP contribution < -0.4 is 5.73 Å². The molecule has 0 radical (unpaired) electrons. The number of amides is 1. The maximum absolute atomic E-state index is 12.4. The number of hydrogen-bond acceptors (Lipinski definition) is 4. The van der Waals surface area contributed by atoms with Crippen LogP contribution in [0.15, 0.2) is 24.4 Å². The van der Waals surface area contributed by atoms with E-state index in [1.807, 2.05) is 18.2 Å². The zero-order chi connectivity index (χ0) is 13.2. The molecule has 0 aliphatic carbocycles. The highest BCUT2D eigenvalue weighted by Gasteiger charge is 2.24. The molecule has 0 saturated carbocycles. The van der Waals surface area contributed by atoms with Gasteiger partial charge in [0.05, 0.1) is 24.4 Å². The van der Waals surface area contributed by atoms with Crippen molar-refractivity contribution in [1.29, 1.82) is 0 Å². The van der Waals surface area contributed by atoms with E-state index in [0.29, 0.717) is 31.8 Å². The number of nitrogens with one attached hydrogen (secondary N) is 1. The molecule has 1 aromatic carbocycles. The summed E-state index contributed by atoms with van der Waals surface area (Å²) >= 11 is 0. The van der Waals surface area contributed by atoms with Gasteiger partial charge in [-0.15, -0.1) is 0 Å². The van der Waals surface area contributed by atoms with Gasteiger partial charge in [-0.25, -0.2) is 0 Å². The lowest BCUT2D eigenvalue weighted by Crippen LogP contribution is -2.48. The predicted octanol–water partition coefficient (Wildman–Crippen LogP) is 0.363. The first-order valence-corrected chi connectivity index (χ1v) is 6.32. The minimum Gasteiger partial charge on any atom is -0.373 e. The van der Waals surface area contributed by atoms with E-state index in [1.54, 1.807) is 11.1 Å². The fraction of sp³-hybridized carbons (Fsp3) is 0.385. The fourth-order valence-electron chi connectivity index (χ4n) is 2.30. The van der Waals surface area contributed by atoms with Crippen LogP contribution >= 0.6 is 0 Å². The Labute approximate surface area is 110 Å². The molecule has 1 saturated heterocycles. The third kappa shape index (κ3) is 2.32. The highest BCUT2D eigenvalue weighted by molar-refractivity contribution is 5.97. The van der Waals surface area contributed by atoms with Crippen molar-refractivity contribution in [3.05, 3.63) is 30.0 Å². The van der Waals surface area contributed by atoms with Gasteiger partial charge in [0.1, 0.15) is 0 Å². The number of morpholine rings is 1. The SMILES string of the molecule is NCC1CN(C(=O)c2ccc3cn[nH]c3c2)CCO1. The first-order valence-electron chi connectivity index (χ1n) is 6.32. The number of carbonyl (C=O) groups is 1. The van der Waals surface area contributed by atoms with E-state index in [4.69, 9.17) is 10.5 Å². The van der Waals surface area contributed by atoms with Gasteiger partial charge < -0.3 is 15.4 Å². The number of H-pyrrole nitrogens is 1. The van der Waals surface area contributed by atoms with Gasteiger partial charge in [-0.2, -0.15) is 5.10 Å². The Morgan fingerprint density at radius 2 is 2.47 bits per heavy atom. The minimum atomic E-state index is -0.0615. The molecular formula is C13H16N4O2. The summed E-state index contributed by atoms with van der Waals surface area (Å²) in [6.45, 7) is 2.13. The Kier molecular flexibility index (Phi) is 3.18. The quantitative estimate of drug-likeness (QED) is 0.816. The van der Waals surface area contributed by atoms with Crippen LogP contribution in [0.5, 0.6) is 0 Å². The lowest BCUT2D eigenvalue weighted by Gasteiger charge is -2.32. The maximum Gasteiger partial charge on any atom is 0.254 e. The number of carbonyl (C=O) groups excluding carboxylic acids is 1. The number of nitrogens with two attached hydrogens (primary N) is 1. The monoisotopic (exact) mass is 260 g/mol. The van der Waals surface area contributed by atoms with Crippen molar-refractivity contribution >= 4 is 16.8 Å². The number of benzene rings is 1. The van der Waals surface area contributed by atoms with Crippen LogP contribution in [0.4, 0.5) is 0 Å². The Hall–Kier alpha value is -1.92. The van der Waals surface area contributed by atoms with E-state index in [1.165, 1.54) is 0 Å². The van der Waals surface area contributed by atoms with E-state index in [9.17, 15) is 4.79 Å². The molecular weight excluding hydrogens is 244 g/mol. The van der Waals surface area contributed by atoms with Gasteiger partial charge in [-0.05, 0) is 12.1 Å². The summed E-state index contributed by atoms with van der Waals surface area (Å²) in [6.07, 6.45) is 1.68. The van der Waals surface area contributed by atoms with E-state index in [0.717, 1.165) is 10.9 Å². The van der Waals surface area contributed by atoms with Crippen LogP contribution in [-0.2, 0) is 4.74 Å². The lowest BCUT2D eigenvalue weighted by atomic mass is 10.1. The predicted molar refractivity (Wildman–Crippen MR) is 70.8 cm³/mol. The molecule has 2 aromatic rings. The average molecular weight is 260 g/mol. The minimum absolute atomic E-state index is 0.0123. The first kappa shape index (κ1) is 12.1. The highest BCUT2D eigenvalue weighted by Crippen LogP contribution is 2.16. The normalized spacial score (nSPS) is 19.8.